The Kier molecular flexibility index (Phi) is 3.61. The number of fused-ring (bicyclic) bond motifs is 1. The van der Waals surface area contributed by atoms with Crippen molar-refractivity contribution in [3.8, 4) is 0 Å². The molecule has 2 aromatic rings. The van der Waals surface area contributed by atoms with Gasteiger partial charge in [0.2, 0.25) is 0 Å². The standard InChI is InChI=1S/C15H17NO3S/c17-14-12-3-1-2-4-13(12)20-16(14)9-10-5-7-11(8-6-10)15(18)19/h1-4,10-11H,5-9H2,(H,18,19). The second-order valence-electron chi connectivity index (χ2n) is 5.51. The van der Waals surface area contributed by atoms with Gasteiger partial charge in [0.1, 0.15) is 0 Å². The Labute approximate surface area is 120 Å². The summed E-state index contributed by atoms with van der Waals surface area (Å²) in [6.45, 7) is 0.727. The molecule has 106 valence electrons. The predicted octanol–water partition coefficient (Wildman–Crippen LogP) is 2.95. The fourth-order valence-corrected chi connectivity index (χ4v) is 4.06. The van der Waals surface area contributed by atoms with Crippen LogP contribution in [-0.4, -0.2) is 15.0 Å². The number of nitrogens with zero attached hydrogens (tertiary/aromatic N) is 1. The first-order valence-corrected chi connectivity index (χ1v) is 7.74. The van der Waals surface area contributed by atoms with E-state index in [2.05, 4.69) is 0 Å². The summed E-state index contributed by atoms with van der Waals surface area (Å²) >= 11 is 1.51. The highest BCUT2D eigenvalue weighted by molar-refractivity contribution is 7.13. The molecule has 0 amide bonds. The summed E-state index contributed by atoms with van der Waals surface area (Å²) in [6, 6.07) is 7.67. The van der Waals surface area contributed by atoms with Gasteiger partial charge in [-0.3, -0.25) is 13.5 Å². The lowest BCUT2D eigenvalue weighted by atomic mass is 9.82. The summed E-state index contributed by atoms with van der Waals surface area (Å²) in [6.07, 6.45) is 3.27. The van der Waals surface area contributed by atoms with E-state index in [1.54, 1.807) is 0 Å². The first-order valence-electron chi connectivity index (χ1n) is 6.97. The normalized spacial score (nSPS) is 23.0. The number of carboxylic acid groups (broad SMARTS) is 1. The molecule has 0 atom stereocenters. The maximum absolute atomic E-state index is 12.3. The van der Waals surface area contributed by atoms with Crippen LogP contribution in [0.25, 0.3) is 10.1 Å². The Morgan fingerprint density at radius 3 is 2.60 bits per heavy atom. The Morgan fingerprint density at radius 1 is 1.25 bits per heavy atom. The third-order valence-electron chi connectivity index (χ3n) is 4.17. The SMILES string of the molecule is O=C(O)C1CCC(Cn2sc3ccccc3c2=O)CC1. The van der Waals surface area contributed by atoms with Gasteiger partial charge in [-0.05, 0) is 43.7 Å². The van der Waals surface area contributed by atoms with Gasteiger partial charge < -0.3 is 5.11 Å². The zero-order valence-electron chi connectivity index (χ0n) is 11.1. The van der Waals surface area contributed by atoms with Crippen LogP contribution in [-0.2, 0) is 11.3 Å². The largest absolute Gasteiger partial charge is 0.481 e. The zero-order chi connectivity index (χ0) is 14.1. The van der Waals surface area contributed by atoms with Gasteiger partial charge in [-0.2, -0.15) is 0 Å². The third-order valence-corrected chi connectivity index (χ3v) is 5.26. The molecule has 0 radical (unpaired) electrons. The van der Waals surface area contributed by atoms with E-state index in [9.17, 15) is 9.59 Å². The second-order valence-corrected chi connectivity index (χ2v) is 6.57. The van der Waals surface area contributed by atoms with E-state index in [0.29, 0.717) is 5.92 Å². The summed E-state index contributed by atoms with van der Waals surface area (Å²) < 4.78 is 2.85. The molecule has 5 heteroatoms. The van der Waals surface area contributed by atoms with Crippen molar-refractivity contribution in [1.29, 1.82) is 0 Å². The zero-order valence-corrected chi connectivity index (χ0v) is 11.9. The fourth-order valence-electron chi connectivity index (χ4n) is 2.96. The van der Waals surface area contributed by atoms with E-state index >= 15 is 0 Å². The van der Waals surface area contributed by atoms with Crippen LogP contribution in [0.2, 0.25) is 0 Å². The highest BCUT2D eigenvalue weighted by Crippen LogP contribution is 2.30. The van der Waals surface area contributed by atoms with Crippen LogP contribution in [0.5, 0.6) is 0 Å². The highest BCUT2D eigenvalue weighted by atomic mass is 32.1. The molecule has 1 aliphatic carbocycles. The summed E-state index contributed by atoms with van der Waals surface area (Å²) in [5.74, 6) is -0.441. The highest BCUT2D eigenvalue weighted by Gasteiger charge is 2.26. The van der Waals surface area contributed by atoms with Crippen molar-refractivity contribution in [2.45, 2.75) is 32.2 Å². The van der Waals surface area contributed by atoms with Crippen LogP contribution in [0.3, 0.4) is 0 Å². The van der Waals surface area contributed by atoms with E-state index in [1.807, 2.05) is 28.2 Å². The van der Waals surface area contributed by atoms with Gasteiger partial charge >= 0.3 is 5.97 Å². The summed E-state index contributed by atoms with van der Waals surface area (Å²) in [5.41, 5.74) is 0.0889. The van der Waals surface area contributed by atoms with E-state index < -0.39 is 5.97 Å². The third kappa shape index (κ3) is 2.50. The summed E-state index contributed by atoms with van der Waals surface area (Å²) in [4.78, 5) is 23.2. The molecule has 1 heterocycles. The molecule has 1 aliphatic rings. The average Bonchev–Trinajstić information content (AvgIpc) is 2.77. The molecule has 4 nitrogen and oxygen atoms in total. The number of hydrogen-bond donors (Lipinski definition) is 1. The fraction of sp³-hybridized carbons (Fsp3) is 0.467. The molecule has 1 aromatic carbocycles. The summed E-state index contributed by atoms with van der Waals surface area (Å²) in [7, 11) is 0. The number of rotatable bonds is 3. The van der Waals surface area contributed by atoms with E-state index in [1.165, 1.54) is 11.5 Å². The van der Waals surface area contributed by atoms with Crippen molar-refractivity contribution in [3.63, 3.8) is 0 Å². The lowest BCUT2D eigenvalue weighted by Crippen LogP contribution is -2.25. The van der Waals surface area contributed by atoms with Crippen molar-refractivity contribution >= 4 is 27.6 Å². The molecule has 0 saturated heterocycles. The maximum Gasteiger partial charge on any atom is 0.306 e. The minimum Gasteiger partial charge on any atom is -0.481 e. The monoisotopic (exact) mass is 291 g/mol. The molecular weight excluding hydrogens is 274 g/mol. The number of benzene rings is 1. The van der Waals surface area contributed by atoms with Gasteiger partial charge in [-0.1, -0.05) is 23.7 Å². The number of hydrogen-bond acceptors (Lipinski definition) is 3. The first-order chi connectivity index (χ1) is 9.65. The van der Waals surface area contributed by atoms with Crippen molar-refractivity contribution < 1.29 is 9.90 Å². The second kappa shape index (κ2) is 5.40. The summed E-state index contributed by atoms with van der Waals surface area (Å²) in [5, 5.41) is 9.79. The first kappa shape index (κ1) is 13.4. The average molecular weight is 291 g/mol. The predicted molar refractivity (Wildman–Crippen MR) is 79.2 cm³/mol. The molecule has 3 rings (SSSR count). The minimum atomic E-state index is -0.678. The molecule has 1 N–H and O–H groups in total. The van der Waals surface area contributed by atoms with Crippen LogP contribution < -0.4 is 5.56 Å². The Morgan fingerprint density at radius 2 is 1.95 bits per heavy atom. The van der Waals surface area contributed by atoms with Crippen molar-refractivity contribution in [3.05, 3.63) is 34.6 Å². The topological polar surface area (TPSA) is 59.3 Å². The molecule has 0 aliphatic heterocycles. The smallest absolute Gasteiger partial charge is 0.306 e. The van der Waals surface area contributed by atoms with Crippen molar-refractivity contribution in [2.24, 2.45) is 11.8 Å². The molecule has 1 saturated carbocycles. The minimum absolute atomic E-state index is 0.0889. The molecule has 1 aromatic heterocycles. The Bertz CT molecular complexity index is 680. The van der Waals surface area contributed by atoms with Gasteiger partial charge in [0.05, 0.1) is 16.0 Å². The molecule has 20 heavy (non-hydrogen) atoms. The van der Waals surface area contributed by atoms with Gasteiger partial charge in [0.25, 0.3) is 5.56 Å². The number of aromatic nitrogens is 1. The van der Waals surface area contributed by atoms with Crippen LogP contribution in [0.15, 0.2) is 29.1 Å². The lowest BCUT2D eigenvalue weighted by Gasteiger charge is -2.25. The molecule has 0 unspecified atom stereocenters. The molecule has 0 spiro atoms. The number of carboxylic acids is 1. The van der Waals surface area contributed by atoms with Gasteiger partial charge in [-0.25, -0.2) is 0 Å². The van der Waals surface area contributed by atoms with Crippen LogP contribution >= 0.6 is 11.5 Å². The molecular formula is C15H17NO3S. The van der Waals surface area contributed by atoms with Crippen LogP contribution in [0.1, 0.15) is 25.7 Å². The quantitative estimate of drug-likeness (QED) is 0.945. The van der Waals surface area contributed by atoms with Gasteiger partial charge in [0, 0.05) is 6.54 Å². The van der Waals surface area contributed by atoms with Crippen LogP contribution in [0.4, 0.5) is 0 Å². The van der Waals surface area contributed by atoms with Gasteiger partial charge in [-0.15, -0.1) is 0 Å². The lowest BCUT2D eigenvalue weighted by molar-refractivity contribution is -0.143. The molecule has 0 bridgehead atoms. The van der Waals surface area contributed by atoms with Crippen molar-refractivity contribution in [1.82, 2.24) is 3.96 Å². The van der Waals surface area contributed by atoms with Gasteiger partial charge in [0.15, 0.2) is 0 Å². The maximum atomic E-state index is 12.3. The molecule has 1 fully saturated rings. The van der Waals surface area contributed by atoms with E-state index in [-0.39, 0.29) is 11.5 Å². The van der Waals surface area contributed by atoms with Crippen molar-refractivity contribution in [2.75, 3.05) is 0 Å². The Hall–Kier alpha value is -1.62. The Balaban J connectivity index is 1.73. The van der Waals surface area contributed by atoms with Crippen LogP contribution in [0, 0.1) is 11.8 Å². The van der Waals surface area contributed by atoms with E-state index in [4.69, 9.17) is 5.11 Å². The number of carbonyl (C=O) groups is 1. The van der Waals surface area contributed by atoms with E-state index in [0.717, 1.165) is 42.3 Å². The number of aliphatic carboxylic acids is 1.